The molecular formula is C11H16O2. The number of benzene rings is 1. The number of rotatable bonds is 4. The standard InChI is InChI=1S/C11H16O2/c1-2-3-4-5-9-6-7-10(12)8-11(9)13/h6-8,12-13H,2-5H2,1H3. The second-order valence-corrected chi connectivity index (χ2v) is 3.27. The highest BCUT2D eigenvalue weighted by atomic mass is 16.3. The minimum atomic E-state index is 0.122. The van der Waals surface area contributed by atoms with Gasteiger partial charge in [-0.15, -0.1) is 0 Å². The minimum Gasteiger partial charge on any atom is -0.508 e. The molecule has 0 aliphatic rings. The Morgan fingerprint density at radius 2 is 1.92 bits per heavy atom. The summed E-state index contributed by atoms with van der Waals surface area (Å²) in [4.78, 5) is 0. The molecule has 13 heavy (non-hydrogen) atoms. The molecule has 0 atom stereocenters. The number of hydrogen-bond acceptors (Lipinski definition) is 2. The van der Waals surface area contributed by atoms with Crippen LogP contribution in [0.4, 0.5) is 0 Å². The van der Waals surface area contributed by atoms with Gasteiger partial charge in [-0.25, -0.2) is 0 Å². The van der Waals surface area contributed by atoms with Crippen LogP contribution in [0.15, 0.2) is 18.2 Å². The molecule has 0 amide bonds. The van der Waals surface area contributed by atoms with Gasteiger partial charge in [0, 0.05) is 6.07 Å². The van der Waals surface area contributed by atoms with Crippen molar-refractivity contribution < 1.29 is 10.2 Å². The van der Waals surface area contributed by atoms with Crippen molar-refractivity contribution in [2.45, 2.75) is 32.6 Å². The molecule has 0 spiro atoms. The van der Waals surface area contributed by atoms with Crippen molar-refractivity contribution in [2.75, 3.05) is 0 Å². The monoisotopic (exact) mass is 180 g/mol. The fourth-order valence-corrected chi connectivity index (χ4v) is 1.33. The number of phenolic OH excluding ortho intramolecular Hbond substituents is 2. The second-order valence-electron chi connectivity index (χ2n) is 3.27. The highest BCUT2D eigenvalue weighted by molar-refractivity contribution is 5.38. The molecule has 0 heterocycles. The average molecular weight is 180 g/mol. The number of hydrogen-bond donors (Lipinski definition) is 2. The Kier molecular flexibility index (Phi) is 3.62. The van der Waals surface area contributed by atoms with Gasteiger partial charge in [0.1, 0.15) is 11.5 Å². The molecule has 0 aliphatic heterocycles. The Morgan fingerprint density at radius 3 is 2.54 bits per heavy atom. The fourth-order valence-electron chi connectivity index (χ4n) is 1.33. The molecule has 0 radical (unpaired) electrons. The maximum Gasteiger partial charge on any atom is 0.122 e. The van der Waals surface area contributed by atoms with Gasteiger partial charge in [-0.05, 0) is 24.5 Å². The first-order valence-corrected chi connectivity index (χ1v) is 4.75. The number of unbranched alkanes of at least 4 members (excludes halogenated alkanes) is 2. The third-order valence-corrected chi connectivity index (χ3v) is 2.12. The van der Waals surface area contributed by atoms with E-state index >= 15 is 0 Å². The van der Waals surface area contributed by atoms with Gasteiger partial charge in [-0.1, -0.05) is 25.8 Å². The lowest BCUT2D eigenvalue weighted by atomic mass is 10.1. The molecule has 0 aromatic heterocycles. The zero-order valence-corrected chi connectivity index (χ0v) is 7.95. The van der Waals surface area contributed by atoms with Gasteiger partial charge in [0.05, 0.1) is 0 Å². The summed E-state index contributed by atoms with van der Waals surface area (Å²) in [7, 11) is 0. The van der Waals surface area contributed by atoms with Gasteiger partial charge in [0.15, 0.2) is 0 Å². The molecule has 0 aliphatic carbocycles. The van der Waals surface area contributed by atoms with E-state index in [0.29, 0.717) is 0 Å². The Balaban J connectivity index is 2.56. The maximum atomic E-state index is 9.43. The molecule has 2 nitrogen and oxygen atoms in total. The van der Waals surface area contributed by atoms with E-state index in [0.717, 1.165) is 18.4 Å². The first-order chi connectivity index (χ1) is 6.24. The van der Waals surface area contributed by atoms with Crippen molar-refractivity contribution in [1.82, 2.24) is 0 Å². The van der Waals surface area contributed by atoms with E-state index in [4.69, 9.17) is 5.11 Å². The van der Waals surface area contributed by atoms with E-state index in [-0.39, 0.29) is 11.5 Å². The summed E-state index contributed by atoms with van der Waals surface area (Å²) in [6, 6.07) is 4.78. The van der Waals surface area contributed by atoms with Crippen LogP contribution in [0.3, 0.4) is 0 Å². The SMILES string of the molecule is CCCCCc1ccc(O)cc1O. The van der Waals surface area contributed by atoms with Crippen molar-refractivity contribution in [3.63, 3.8) is 0 Å². The third-order valence-electron chi connectivity index (χ3n) is 2.12. The largest absolute Gasteiger partial charge is 0.508 e. The maximum absolute atomic E-state index is 9.43. The average Bonchev–Trinajstić information content (AvgIpc) is 2.09. The van der Waals surface area contributed by atoms with Crippen molar-refractivity contribution in [1.29, 1.82) is 0 Å². The molecule has 2 N–H and O–H groups in total. The Morgan fingerprint density at radius 1 is 1.15 bits per heavy atom. The van der Waals surface area contributed by atoms with Crippen molar-refractivity contribution in [2.24, 2.45) is 0 Å². The molecule has 1 aromatic carbocycles. The van der Waals surface area contributed by atoms with Crippen LogP contribution in [0.2, 0.25) is 0 Å². The van der Waals surface area contributed by atoms with E-state index in [1.807, 2.05) is 0 Å². The van der Waals surface area contributed by atoms with Gasteiger partial charge in [0.25, 0.3) is 0 Å². The van der Waals surface area contributed by atoms with Crippen LogP contribution in [-0.4, -0.2) is 10.2 Å². The van der Waals surface area contributed by atoms with E-state index in [1.165, 1.54) is 18.9 Å². The summed E-state index contributed by atoms with van der Waals surface area (Å²) < 4.78 is 0. The van der Waals surface area contributed by atoms with Gasteiger partial charge in [-0.3, -0.25) is 0 Å². The van der Waals surface area contributed by atoms with Gasteiger partial charge in [-0.2, -0.15) is 0 Å². The molecule has 0 saturated heterocycles. The van der Waals surface area contributed by atoms with E-state index in [2.05, 4.69) is 6.92 Å². The predicted molar refractivity (Wildman–Crippen MR) is 53.0 cm³/mol. The molecule has 0 bridgehead atoms. The van der Waals surface area contributed by atoms with Crippen LogP contribution >= 0.6 is 0 Å². The smallest absolute Gasteiger partial charge is 0.122 e. The van der Waals surface area contributed by atoms with E-state index < -0.39 is 0 Å². The normalized spacial score (nSPS) is 10.2. The zero-order valence-electron chi connectivity index (χ0n) is 7.95. The van der Waals surface area contributed by atoms with Crippen LogP contribution < -0.4 is 0 Å². The molecule has 1 aromatic rings. The highest BCUT2D eigenvalue weighted by Gasteiger charge is 2.00. The summed E-state index contributed by atoms with van der Waals surface area (Å²) in [5.74, 6) is 0.327. The van der Waals surface area contributed by atoms with Crippen molar-refractivity contribution >= 4 is 0 Å². The lowest BCUT2D eigenvalue weighted by Gasteiger charge is -2.03. The quantitative estimate of drug-likeness (QED) is 0.699. The molecule has 0 fully saturated rings. The Labute approximate surface area is 78.8 Å². The van der Waals surface area contributed by atoms with Crippen LogP contribution in [0.5, 0.6) is 11.5 Å². The van der Waals surface area contributed by atoms with Crippen LogP contribution in [0.25, 0.3) is 0 Å². The van der Waals surface area contributed by atoms with Crippen LogP contribution in [-0.2, 0) is 6.42 Å². The number of aryl methyl sites for hydroxylation is 1. The third kappa shape index (κ3) is 2.98. The highest BCUT2D eigenvalue weighted by Crippen LogP contribution is 2.23. The first kappa shape index (κ1) is 9.90. The summed E-state index contributed by atoms with van der Waals surface area (Å²) in [6.07, 6.45) is 4.34. The molecule has 1 rings (SSSR count). The molecular weight excluding hydrogens is 164 g/mol. The van der Waals surface area contributed by atoms with Gasteiger partial charge >= 0.3 is 0 Å². The van der Waals surface area contributed by atoms with E-state index in [9.17, 15) is 5.11 Å². The Hall–Kier alpha value is -1.18. The molecule has 2 heteroatoms. The van der Waals surface area contributed by atoms with Gasteiger partial charge in [0.2, 0.25) is 0 Å². The topological polar surface area (TPSA) is 40.5 Å². The minimum absolute atomic E-state index is 0.122. The second kappa shape index (κ2) is 4.75. The number of phenols is 2. The summed E-state index contributed by atoms with van der Waals surface area (Å²) in [5, 5.41) is 18.5. The molecule has 0 unspecified atom stereocenters. The lowest BCUT2D eigenvalue weighted by Crippen LogP contribution is -1.85. The lowest BCUT2D eigenvalue weighted by molar-refractivity contribution is 0.445. The van der Waals surface area contributed by atoms with Gasteiger partial charge < -0.3 is 10.2 Å². The predicted octanol–water partition coefficient (Wildman–Crippen LogP) is 2.83. The first-order valence-electron chi connectivity index (χ1n) is 4.75. The van der Waals surface area contributed by atoms with E-state index in [1.54, 1.807) is 12.1 Å². The van der Waals surface area contributed by atoms with Crippen molar-refractivity contribution in [3.05, 3.63) is 23.8 Å². The molecule has 0 saturated carbocycles. The summed E-state index contributed by atoms with van der Waals surface area (Å²) >= 11 is 0. The zero-order chi connectivity index (χ0) is 9.68. The number of aromatic hydroxyl groups is 2. The van der Waals surface area contributed by atoms with Crippen molar-refractivity contribution in [3.8, 4) is 11.5 Å². The summed E-state index contributed by atoms with van der Waals surface area (Å²) in [6.45, 7) is 2.15. The fraction of sp³-hybridized carbons (Fsp3) is 0.455. The van der Waals surface area contributed by atoms with Crippen LogP contribution in [0.1, 0.15) is 31.7 Å². The Bertz CT molecular complexity index is 269. The van der Waals surface area contributed by atoms with Crippen LogP contribution in [0, 0.1) is 0 Å². The summed E-state index contributed by atoms with van der Waals surface area (Å²) in [5.41, 5.74) is 0.922. The molecule has 72 valence electrons.